The smallest absolute Gasteiger partial charge is 0.0750 e. The van der Waals surface area contributed by atoms with Gasteiger partial charge in [0.2, 0.25) is 0 Å². The molecule has 2 aliphatic heterocycles. The van der Waals surface area contributed by atoms with Gasteiger partial charge in [-0.05, 0) is 18.8 Å². The molecule has 0 bridgehead atoms. The topological polar surface area (TPSA) is 12.0 Å². The normalized spacial score (nSPS) is 32.1. The third-order valence-electron chi connectivity index (χ3n) is 2.79. The summed E-state index contributed by atoms with van der Waals surface area (Å²) in [6.07, 6.45) is 2.74. The Morgan fingerprint density at radius 2 is 2.08 bits per heavy atom. The molecule has 0 aromatic heterocycles. The molecule has 2 rings (SSSR count). The van der Waals surface area contributed by atoms with Gasteiger partial charge >= 0.3 is 0 Å². The zero-order valence-electron chi connectivity index (χ0n) is 8.51. The third-order valence-corrected chi connectivity index (χ3v) is 6.24. The molecule has 1 unspecified atom stereocenters. The van der Waals surface area contributed by atoms with E-state index in [-0.39, 0.29) is 0 Å². The molecule has 1 spiro atoms. The van der Waals surface area contributed by atoms with Crippen molar-refractivity contribution < 1.29 is 0 Å². The summed E-state index contributed by atoms with van der Waals surface area (Å²) >= 11 is 4.37. The summed E-state index contributed by atoms with van der Waals surface area (Å²) in [5, 5.41) is 3.68. The maximum Gasteiger partial charge on any atom is 0.0750 e. The van der Waals surface area contributed by atoms with E-state index in [9.17, 15) is 0 Å². The van der Waals surface area contributed by atoms with E-state index in [0.717, 1.165) is 12.0 Å². The minimum absolute atomic E-state index is 0.569. The number of hydrogen-bond acceptors (Lipinski definition) is 3. The van der Waals surface area contributed by atoms with Crippen LogP contribution < -0.4 is 5.32 Å². The SMILES string of the molecule is CC(C)CC1CC2(CN1)SCCS2. The molecule has 0 radical (unpaired) electrons. The number of thioether (sulfide) groups is 2. The van der Waals surface area contributed by atoms with Crippen molar-refractivity contribution in [2.45, 2.75) is 36.8 Å². The van der Waals surface area contributed by atoms with Crippen LogP contribution in [0.1, 0.15) is 26.7 Å². The molecule has 0 aliphatic carbocycles. The fraction of sp³-hybridized carbons (Fsp3) is 1.00. The van der Waals surface area contributed by atoms with Crippen LogP contribution in [0.4, 0.5) is 0 Å². The van der Waals surface area contributed by atoms with E-state index in [4.69, 9.17) is 0 Å². The monoisotopic (exact) mass is 217 g/mol. The highest BCUT2D eigenvalue weighted by molar-refractivity contribution is 8.21. The summed E-state index contributed by atoms with van der Waals surface area (Å²) in [7, 11) is 0. The predicted octanol–water partition coefficient (Wildman–Crippen LogP) is 2.57. The molecule has 2 saturated heterocycles. The quantitative estimate of drug-likeness (QED) is 0.763. The van der Waals surface area contributed by atoms with E-state index in [1.54, 1.807) is 0 Å². The molecule has 2 aliphatic rings. The Bertz CT molecular complexity index is 176. The van der Waals surface area contributed by atoms with Gasteiger partial charge in [-0.15, -0.1) is 23.5 Å². The van der Waals surface area contributed by atoms with Crippen LogP contribution in [0.2, 0.25) is 0 Å². The highest BCUT2D eigenvalue weighted by atomic mass is 32.2. The maximum absolute atomic E-state index is 3.68. The van der Waals surface area contributed by atoms with Crippen LogP contribution in [0.3, 0.4) is 0 Å². The molecule has 1 nitrogen and oxygen atoms in total. The first-order valence-corrected chi connectivity index (χ1v) is 7.19. The van der Waals surface area contributed by atoms with Crippen molar-refractivity contribution in [3.8, 4) is 0 Å². The van der Waals surface area contributed by atoms with Crippen LogP contribution in [0.25, 0.3) is 0 Å². The molecule has 0 saturated carbocycles. The standard InChI is InChI=1S/C10H19NS2/c1-8(2)5-9-6-10(7-11-9)12-3-4-13-10/h8-9,11H,3-7H2,1-2H3. The molecule has 0 aromatic rings. The number of nitrogens with one attached hydrogen (secondary N) is 1. The van der Waals surface area contributed by atoms with Gasteiger partial charge in [0.05, 0.1) is 4.08 Å². The van der Waals surface area contributed by atoms with Crippen molar-refractivity contribution in [1.29, 1.82) is 0 Å². The average Bonchev–Trinajstić information content (AvgIpc) is 2.63. The van der Waals surface area contributed by atoms with Gasteiger partial charge in [0, 0.05) is 24.1 Å². The summed E-state index contributed by atoms with van der Waals surface area (Å²) in [5.41, 5.74) is 0. The van der Waals surface area contributed by atoms with Gasteiger partial charge in [-0.2, -0.15) is 0 Å². The lowest BCUT2D eigenvalue weighted by molar-refractivity contribution is 0.464. The lowest BCUT2D eigenvalue weighted by Gasteiger charge is -2.19. The van der Waals surface area contributed by atoms with E-state index < -0.39 is 0 Å². The number of rotatable bonds is 2. The predicted molar refractivity (Wildman–Crippen MR) is 63.5 cm³/mol. The summed E-state index contributed by atoms with van der Waals surface area (Å²) in [4.78, 5) is 0. The molecule has 2 fully saturated rings. The second-order valence-corrected chi connectivity index (χ2v) is 7.73. The van der Waals surface area contributed by atoms with Crippen LogP contribution in [0.15, 0.2) is 0 Å². The number of hydrogen-bond donors (Lipinski definition) is 1. The highest BCUT2D eigenvalue weighted by Gasteiger charge is 2.42. The highest BCUT2D eigenvalue weighted by Crippen LogP contribution is 2.49. The molecule has 3 heteroatoms. The van der Waals surface area contributed by atoms with Gasteiger partial charge < -0.3 is 5.32 Å². The minimum atomic E-state index is 0.569. The van der Waals surface area contributed by atoms with Gasteiger partial charge in [0.1, 0.15) is 0 Å². The Morgan fingerprint density at radius 1 is 1.38 bits per heavy atom. The van der Waals surface area contributed by atoms with Crippen molar-refractivity contribution in [2.75, 3.05) is 18.1 Å². The van der Waals surface area contributed by atoms with Crippen LogP contribution in [0, 0.1) is 5.92 Å². The van der Waals surface area contributed by atoms with Crippen LogP contribution in [-0.4, -0.2) is 28.2 Å². The van der Waals surface area contributed by atoms with Crippen molar-refractivity contribution in [2.24, 2.45) is 5.92 Å². The molecular formula is C10H19NS2. The lowest BCUT2D eigenvalue weighted by atomic mass is 10.0. The van der Waals surface area contributed by atoms with Gasteiger partial charge in [-0.1, -0.05) is 13.8 Å². The summed E-state index contributed by atoms with van der Waals surface area (Å²) < 4.78 is 0.569. The summed E-state index contributed by atoms with van der Waals surface area (Å²) in [6, 6.07) is 0.790. The van der Waals surface area contributed by atoms with Gasteiger partial charge in [0.15, 0.2) is 0 Å². The average molecular weight is 217 g/mol. The maximum atomic E-state index is 3.68. The summed E-state index contributed by atoms with van der Waals surface area (Å²) in [5.74, 6) is 3.56. The summed E-state index contributed by atoms with van der Waals surface area (Å²) in [6.45, 7) is 5.88. The second-order valence-electron chi connectivity index (χ2n) is 4.52. The third kappa shape index (κ3) is 2.37. The minimum Gasteiger partial charge on any atom is -0.312 e. The fourth-order valence-corrected chi connectivity index (χ4v) is 5.53. The van der Waals surface area contributed by atoms with Crippen molar-refractivity contribution in [3.63, 3.8) is 0 Å². The Hall–Kier alpha value is 0.660. The van der Waals surface area contributed by atoms with Crippen molar-refractivity contribution in [1.82, 2.24) is 5.32 Å². The first kappa shape index (κ1) is 10.2. The second kappa shape index (κ2) is 4.03. The lowest BCUT2D eigenvalue weighted by Crippen LogP contribution is -2.23. The molecule has 1 N–H and O–H groups in total. The Morgan fingerprint density at radius 3 is 2.69 bits per heavy atom. The largest absolute Gasteiger partial charge is 0.312 e. The van der Waals surface area contributed by atoms with Crippen molar-refractivity contribution >= 4 is 23.5 Å². The van der Waals surface area contributed by atoms with E-state index in [1.807, 2.05) is 0 Å². The Kier molecular flexibility index (Phi) is 3.16. The first-order chi connectivity index (χ1) is 6.20. The van der Waals surface area contributed by atoms with E-state index >= 15 is 0 Å². The molecular weight excluding hydrogens is 198 g/mol. The van der Waals surface area contributed by atoms with Gasteiger partial charge in [0.25, 0.3) is 0 Å². The molecule has 13 heavy (non-hydrogen) atoms. The molecule has 2 heterocycles. The first-order valence-electron chi connectivity index (χ1n) is 5.21. The zero-order valence-corrected chi connectivity index (χ0v) is 10.1. The van der Waals surface area contributed by atoms with Gasteiger partial charge in [-0.3, -0.25) is 0 Å². The van der Waals surface area contributed by atoms with Crippen LogP contribution >= 0.6 is 23.5 Å². The van der Waals surface area contributed by atoms with E-state index in [1.165, 1.54) is 30.9 Å². The molecule has 76 valence electrons. The molecule has 0 amide bonds. The molecule has 1 atom stereocenters. The molecule has 0 aromatic carbocycles. The van der Waals surface area contributed by atoms with Crippen LogP contribution in [0.5, 0.6) is 0 Å². The van der Waals surface area contributed by atoms with E-state index in [0.29, 0.717) is 4.08 Å². The van der Waals surface area contributed by atoms with Crippen molar-refractivity contribution in [3.05, 3.63) is 0 Å². The van der Waals surface area contributed by atoms with Crippen LogP contribution in [-0.2, 0) is 0 Å². The zero-order chi connectivity index (χ0) is 9.31. The fourth-order valence-electron chi connectivity index (χ4n) is 2.27. The van der Waals surface area contributed by atoms with E-state index in [2.05, 4.69) is 42.7 Å². The Labute approximate surface area is 89.8 Å². The van der Waals surface area contributed by atoms with Gasteiger partial charge in [-0.25, -0.2) is 0 Å². The Balaban J connectivity index is 1.86.